The van der Waals surface area contributed by atoms with E-state index in [-0.39, 0.29) is 6.61 Å². The Kier molecular flexibility index (Phi) is 3.73. The van der Waals surface area contributed by atoms with Crippen molar-refractivity contribution in [3.63, 3.8) is 0 Å². The topological polar surface area (TPSA) is 74.2 Å². The van der Waals surface area contributed by atoms with Crippen molar-refractivity contribution in [1.29, 1.82) is 0 Å². The van der Waals surface area contributed by atoms with Gasteiger partial charge in [-0.25, -0.2) is 15.0 Å². The van der Waals surface area contributed by atoms with Crippen LogP contribution < -0.4 is 10.2 Å². The third kappa shape index (κ3) is 2.85. The molecule has 0 bridgehead atoms. The minimum Gasteiger partial charge on any atom is -0.390 e. The molecule has 1 aliphatic heterocycles. The smallest absolute Gasteiger partial charge is 0.223 e. The lowest BCUT2D eigenvalue weighted by Crippen LogP contribution is -2.27. The number of nitrogens with one attached hydrogen (secondary N) is 1. The van der Waals surface area contributed by atoms with Gasteiger partial charge in [0.15, 0.2) is 0 Å². The van der Waals surface area contributed by atoms with Crippen molar-refractivity contribution < 1.29 is 5.11 Å². The number of pyridine rings is 1. The molecule has 0 radical (unpaired) electrons. The quantitative estimate of drug-likeness (QED) is 0.866. The molecule has 3 heterocycles. The van der Waals surface area contributed by atoms with Gasteiger partial charge in [0, 0.05) is 31.5 Å². The molecule has 0 saturated carbocycles. The van der Waals surface area contributed by atoms with Gasteiger partial charge in [-0.2, -0.15) is 0 Å². The number of aromatic nitrogens is 3. The van der Waals surface area contributed by atoms with Crippen LogP contribution in [0.4, 0.5) is 11.8 Å². The summed E-state index contributed by atoms with van der Waals surface area (Å²) >= 11 is 0. The van der Waals surface area contributed by atoms with Crippen molar-refractivity contribution in [3.05, 3.63) is 42.4 Å². The van der Waals surface area contributed by atoms with Crippen LogP contribution >= 0.6 is 0 Å². The summed E-state index contributed by atoms with van der Waals surface area (Å²) in [6.07, 6.45) is 4.49. The van der Waals surface area contributed by atoms with Gasteiger partial charge in [-0.05, 0) is 24.6 Å². The molecule has 20 heavy (non-hydrogen) atoms. The Hall–Kier alpha value is -2.21. The molecule has 1 atom stereocenters. The number of nitrogens with zero attached hydrogens (tertiary/aromatic N) is 4. The van der Waals surface area contributed by atoms with Crippen molar-refractivity contribution in [3.8, 4) is 0 Å². The maximum Gasteiger partial charge on any atom is 0.223 e. The largest absolute Gasteiger partial charge is 0.390 e. The Balaban J connectivity index is 1.63. The highest BCUT2D eigenvalue weighted by Crippen LogP contribution is 2.19. The van der Waals surface area contributed by atoms with Crippen LogP contribution in [0.2, 0.25) is 0 Å². The monoisotopic (exact) mass is 271 g/mol. The van der Waals surface area contributed by atoms with Crippen molar-refractivity contribution in [2.75, 3.05) is 23.3 Å². The van der Waals surface area contributed by atoms with Gasteiger partial charge in [-0.1, -0.05) is 6.07 Å². The first-order valence-corrected chi connectivity index (χ1v) is 6.70. The van der Waals surface area contributed by atoms with E-state index in [1.54, 1.807) is 12.3 Å². The number of hydrogen-bond acceptors (Lipinski definition) is 6. The van der Waals surface area contributed by atoms with Crippen LogP contribution in [-0.2, 0) is 6.61 Å². The number of aliphatic hydroxyl groups excluding tert-OH is 1. The van der Waals surface area contributed by atoms with Crippen molar-refractivity contribution in [1.82, 2.24) is 15.0 Å². The van der Waals surface area contributed by atoms with E-state index in [4.69, 9.17) is 5.11 Å². The van der Waals surface area contributed by atoms with Gasteiger partial charge in [0.05, 0.1) is 12.3 Å². The molecular formula is C14H17N5O. The molecule has 1 saturated heterocycles. The summed E-state index contributed by atoms with van der Waals surface area (Å²) in [7, 11) is 0. The van der Waals surface area contributed by atoms with Crippen molar-refractivity contribution in [2.45, 2.75) is 19.1 Å². The standard InChI is InChI=1S/C14H17N5O/c20-10-12-4-7-16-14(18-12)17-11-5-8-19(9-11)13-3-1-2-6-15-13/h1-4,6-7,11,20H,5,8-10H2,(H,16,17,18). The van der Waals surface area contributed by atoms with E-state index in [2.05, 4.69) is 25.2 Å². The lowest BCUT2D eigenvalue weighted by atomic mass is 10.3. The fraction of sp³-hybridized carbons (Fsp3) is 0.357. The summed E-state index contributed by atoms with van der Waals surface area (Å²) < 4.78 is 0. The van der Waals surface area contributed by atoms with Gasteiger partial charge >= 0.3 is 0 Å². The molecule has 1 aliphatic rings. The zero-order chi connectivity index (χ0) is 13.8. The molecule has 2 N–H and O–H groups in total. The molecule has 1 unspecified atom stereocenters. The zero-order valence-corrected chi connectivity index (χ0v) is 11.1. The van der Waals surface area contributed by atoms with E-state index >= 15 is 0 Å². The van der Waals surface area contributed by atoms with E-state index in [0.717, 1.165) is 25.3 Å². The molecule has 0 aliphatic carbocycles. The Labute approximate surface area is 117 Å². The molecule has 6 heteroatoms. The first kappa shape index (κ1) is 12.8. The minimum atomic E-state index is -0.0675. The van der Waals surface area contributed by atoms with Crippen LogP contribution in [0.1, 0.15) is 12.1 Å². The van der Waals surface area contributed by atoms with E-state index < -0.39 is 0 Å². The van der Waals surface area contributed by atoms with Gasteiger partial charge in [-0.15, -0.1) is 0 Å². The Bertz CT molecular complexity index is 563. The second kappa shape index (κ2) is 5.83. The number of anilines is 2. The van der Waals surface area contributed by atoms with Gasteiger partial charge in [-0.3, -0.25) is 0 Å². The van der Waals surface area contributed by atoms with Gasteiger partial charge in [0.25, 0.3) is 0 Å². The molecule has 0 spiro atoms. The lowest BCUT2D eigenvalue weighted by Gasteiger charge is -2.17. The number of hydrogen-bond donors (Lipinski definition) is 2. The predicted molar refractivity (Wildman–Crippen MR) is 76.4 cm³/mol. The van der Waals surface area contributed by atoms with Gasteiger partial charge in [0.1, 0.15) is 5.82 Å². The maximum atomic E-state index is 9.08. The minimum absolute atomic E-state index is 0.0675. The summed E-state index contributed by atoms with van der Waals surface area (Å²) in [5.41, 5.74) is 0.627. The number of aliphatic hydroxyl groups is 1. The highest BCUT2D eigenvalue weighted by Gasteiger charge is 2.23. The highest BCUT2D eigenvalue weighted by atomic mass is 16.3. The Morgan fingerprint density at radius 3 is 3.00 bits per heavy atom. The molecular weight excluding hydrogens is 254 g/mol. The van der Waals surface area contributed by atoms with Crippen LogP contribution in [0.15, 0.2) is 36.7 Å². The van der Waals surface area contributed by atoms with Gasteiger partial charge in [0.2, 0.25) is 5.95 Å². The first-order chi connectivity index (χ1) is 9.85. The van der Waals surface area contributed by atoms with E-state index in [0.29, 0.717) is 17.7 Å². The molecule has 2 aromatic heterocycles. The molecule has 104 valence electrons. The molecule has 6 nitrogen and oxygen atoms in total. The second-order valence-electron chi connectivity index (χ2n) is 4.79. The fourth-order valence-corrected chi connectivity index (χ4v) is 2.36. The van der Waals surface area contributed by atoms with E-state index in [1.165, 1.54) is 0 Å². The van der Waals surface area contributed by atoms with Crippen LogP contribution in [0, 0.1) is 0 Å². The van der Waals surface area contributed by atoms with Gasteiger partial charge < -0.3 is 15.3 Å². The normalized spacial score (nSPS) is 18.2. The Morgan fingerprint density at radius 1 is 1.25 bits per heavy atom. The number of rotatable bonds is 4. The van der Waals surface area contributed by atoms with Crippen molar-refractivity contribution >= 4 is 11.8 Å². The third-order valence-electron chi connectivity index (χ3n) is 3.37. The lowest BCUT2D eigenvalue weighted by molar-refractivity contribution is 0.277. The summed E-state index contributed by atoms with van der Waals surface area (Å²) in [6.45, 7) is 1.78. The first-order valence-electron chi connectivity index (χ1n) is 6.70. The molecule has 0 amide bonds. The molecule has 2 aromatic rings. The summed E-state index contributed by atoms with van der Waals surface area (Å²) in [4.78, 5) is 15.0. The van der Waals surface area contributed by atoms with Crippen LogP contribution in [0.3, 0.4) is 0 Å². The Morgan fingerprint density at radius 2 is 2.20 bits per heavy atom. The highest BCUT2D eigenvalue weighted by molar-refractivity contribution is 5.41. The van der Waals surface area contributed by atoms with E-state index in [1.807, 2.05) is 24.4 Å². The SMILES string of the molecule is OCc1ccnc(NC2CCN(c3ccccn3)C2)n1. The van der Waals surface area contributed by atoms with Crippen LogP contribution in [0.5, 0.6) is 0 Å². The summed E-state index contributed by atoms with van der Waals surface area (Å²) in [5, 5.41) is 12.4. The predicted octanol–water partition coefficient (Wildman–Crippen LogP) is 1.05. The fourth-order valence-electron chi connectivity index (χ4n) is 2.36. The van der Waals surface area contributed by atoms with Crippen LogP contribution in [-0.4, -0.2) is 39.2 Å². The summed E-state index contributed by atoms with van der Waals surface area (Å²) in [6, 6.07) is 7.94. The van der Waals surface area contributed by atoms with E-state index in [9.17, 15) is 0 Å². The zero-order valence-electron chi connectivity index (χ0n) is 11.1. The maximum absolute atomic E-state index is 9.08. The molecule has 0 aromatic carbocycles. The third-order valence-corrected chi connectivity index (χ3v) is 3.37. The average molecular weight is 271 g/mol. The molecule has 1 fully saturated rings. The second-order valence-corrected chi connectivity index (χ2v) is 4.79. The summed E-state index contributed by atoms with van der Waals surface area (Å²) in [5.74, 6) is 1.58. The average Bonchev–Trinajstić information content (AvgIpc) is 2.97. The van der Waals surface area contributed by atoms with Crippen LogP contribution in [0.25, 0.3) is 0 Å². The van der Waals surface area contributed by atoms with Crippen molar-refractivity contribution in [2.24, 2.45) is 0 Å². The molecule has 3 rings (SSSR count).